The Kier molecular flexibility index (Phi) is 5.51. The Hall–Kier alpha value is -2.15. The van der Waals surface area contributed by atoms with Crippen LogP contribution in [0.1, 0.15) is 18.2 Å². The maximum atomic E-state index is 12.5. The van der Waals surface area contributed by atoms with Crippen molar-refractivity contribution < 1.29 is 22.7 Å². The van der Waals surface area contributed by atoms with Crippen molar-refractivity contribution in [1.82, 2.24) is 10.3 Å². The van der Waals surface area contributed by atoms with Crippen LogP contribution in [0.4, 0.5) is 8.78 Å². The molecule has 114 valence electrons. The van der Waals surface area contributed by atoms with E-state index >= 15 is 0 Å². The number of hydrogen-bond donors (Lipinski definition) is 1. The molecule has 0 spiro atoms. The fourth-order valence-corrected chi connectivity index (χ4v) is 1.84. The van der Waals surface area contributed by atoms with Crippen LogP contribution < -0.4 is 14.8 Å². The number of para-hydroxylation sites is 1. The molecule has 7 heteroatoms. The van der Waals surface area contributed by atoms with Crippen molar-refractivity contribution in [1.29, 1.82) is 0 Å². The summed E-state index contributed by atoms with van der Waals surface area (Å²) in [5, 5.41) is 3.08. The number of oxazole rings is 1. The van der Waals surface area contributed by atoms with E-state index < -0.39 is 6.61 Å². The number of alkyl halides is 2. The molecular weight excluding hydrogens is 282 g/mol. The van der Waals surface area contributed by atoms with Gasteiger partial charge in [-0.2, -0.15) is 8.78 Å². The molecule has 0 aliphatic carbocycles. The van der Waals surface area contributed by atoms with E-state index in [0.29, 0.717) is 31.0 Å². The smallest absolute Gasteiger partial charge is 0.387 e. The molecule has 0 fully saturated rings. The first-order chi connectivity index (χ1) is 10.2. The van der Waals surface area contributed by atoms with Gasteiger partial charge in [0.1, 0.15) is 6.26 Å². The lowest BCUT2D eigenvalue weighted by atomic mass is 10.2. The van der Waals surface area contributed by atoms with Gasteiger partial charge < -0.3 is 19.2 Å². The van der Waals surface area contributed by atoms with Crippen LogP contribution in [0.2, 0.25) is 0 Å². The van der Waals surface area contributed by atoms with Crippen molar-refractivity contribution in [2.24, 2.45) is 0 Å². The Morgan fingerprint density at radius 2 is 2.19 bits per heavy atom. The van der Waals surface area contributed by atoms with E-state index in [4.69, 9.17) is 9.15 Å². The second-order valence-corrected chi connectivity index (χ2v) is 4.14. The lowest BCUT2D eigenvalue weighted by Crippen LogP contribution is -2.15. The zero-order valence-electron chi connectivity index (χ0n) is 11.5. The third kappa shape index (κ3) is 4.42. The summed E-state index contributed by atoms with van der Waals surface area (Å²) < 4.78 is 39.8. The second kappa shape index (κ2) is 7.58. The first-order valence-corrected chi connectivity index (χ1v) is 6.48. The van der Waals surface area contributed by atoms with E-state index in [9.17, 15) is 8.78 Å². The summed E-state index contributed by atoms with van der Waals surface area (Å²) in [6, 6.07) is 5.04. The van der Waals surface area contributed by atoms with Crippen molar-refractivity contribution in [3.63, 3.8) is 0 Å². The molecule has 2 aromatic rings. The summed E-state index contributed by atoms with van der Waals surface area (Å²) in [6.07, 6.45) is 2.85. The fraction of sp³-hybridized carbons (Fsp3) is 0.357. The van der Waals surface area contributed by atoms with E-state index in [1.165, 1.54) is 12.7 Å². The molecule has 0 radical (unpaired) electrons. The molecule has 5 nitrogen and oxygen atoms in total. The zero-order valence-corrected chi connectivity index (χ0v) is 11.5. The SMILES string of the molecule is CCOc1cccc(CNCc2cocn2)c1OC(F)F. The Balaban J connectivity index is 2.07. The summed E-state index contributed by atoms with van der Waals surface area (Å²) in [4.78, 5) is 3.96. The maximum absolute atomic E-state index is 12.5. The molecule has 21 heavy (non-hydrogen) atoms. The Bertz CT molecular complexity index is 547. The van der Waals surface area contributed by atoms with Gasteiger partial charge in [-0.05, 0) is 13.0 Å². The van der Waals surface area contributed by atoms with E-state index in [1.807, 2.05) is 0 Å². The van der Waals surface area contributed by atoms with Gasteiger partial charge in [-0.15, -0.1) is 0 Å². The molecule has 0 amide bonds. The largest absolute Gasteiger partial charge is 0.490 e. The molecule has 2 rings (SSSR count). The van der Waals surface area contributed by atoms with Crippen LogP contribution in [0.15, 0.2) is 35.3 Å². The highest BCUT2D eigenvalue weighted by Crippen LogP contribution is 2.32. The molecule has 0 bridgehead atoms. The van der Waals surface area contributed by atoms with Crippen LogP contribution in [0.3, 0.4) is 0 Å². The summed E-state index contributed by atoms with van der Waals surface area (Å²) in [5.41, 5.74) is 1.32. The molecule has 0 atom stereocenters. The Morgan fingerprint density at radius 3 is 2.86 bits per heavy atom. The molecule has 1 heterocycles. The van der Waals surface area contributed by atoms with Crippen molar-refractivity contribution >= 4 is 0 Å². The fourth-order valence-electron chi connectivity index (χ4n) is 1.84. The monoisotopic (exact) mass is 298 g/mol. The number of rotatable bonds is 8. The number of nitrogens with zero attached hydrogens (tertiary/aromatic N) is 1. The number of halogens is 2. The minimum absolute atomic E-state index is 0.0574. The highest BCUT2D eigenvalue weighted by Gasteiger charge is 2.15. The highest BCUT2D eigenvalue weighted by molar-refractivity contribution is 5.46. The predicted octanol–water partition coefficient (Wildman–Crippen LogP) is 2.96. The van der Waals surface area contributed by atoms with Gasteiger partial charge >= 0.3 is 6.61 Å². The predicted molar refractivity (Wildman–Crippen MR) is 71.3 cm³/mol. The molecular formula is C14H16F2N2O3. The van der Waals surface area contributed by atoms with Crippen molar-refractivity contribution in [3.8, 4) is 11.5 Å². The van der Waals surface area contributed by atoms with E-state index in [2.05, 4.69) is 15.0 Å². The Labute approximate surface area is 120 Å². The number of benzene rings is 1. The quantitative estimate of drug-likeness (QED) is 0.812. The first kappa shape index (κ1) is 15.2. The van der Waals surface area contributed by atoms with E-state index in [-0.39, 0.29) is 5.75 Å². The summed E-state index contributed by atoms with van der Waals surface area (Å²) >= 11 is 0. The molecule has 0 saturated carbocycles. The summed E-state index contributed by atoms with van der Waals surface area (Å²) in [5.74, 6) is 0.362. The van der Waals surface area contributed by atoms with Crippen molar-refractivity contribution in [2.75, 3.05) is 6.61 Å². The van der Waals surface area contributed by atoms with Gasteiger partial charge in [0.2, 0.25) is 0 Å². The van der Waals surface area contributed by atoms with Gasteiger partial charge in [-0.25, -0.2) is 4.98 Å². The van der Waals surface area contributed by atoms with Crippen LogP contribution in [-0.4, -0.2) is 18.2 Å². The minimum atomic E-state index is -2.90. The van der Waals surface area contributed by atoms with Gasteiger partial charge in [0.15, 0.2) is 17.9 Å². The number of hydrogen-bond acceptors (Lipinski definition) is 5. The lowest BCUT2D eigenvalue weighted by molar-refractivity contribution is -0.0521. The van der Waals surface area contributed by atoms with Crippen molar-refractivity contribution in [2.45, 2.75) is 26.6 Å². The first-order valence-electron chi connectivity index (χ1n) is 6.48. The summed E-state index contributed by atoms with van der Waals surface area (Å²) in [7, 11) is 0. The second-order valence-electron chi connectivity index (χ2n) is 4.14. The van der Waals surface area contributed by atoms with Crippen LogP contribution >= 0.6 is 0 Å². The molecule has 0 aliphatic heterocycles. The van der Waals surface area contributed by atoms with Crippen LogP contribution in [0, 0.1) is 0 Å². The van der Waals surface area contributed by atoms with Gasteiger partial charge in [0.05, 0.1) is 12.3 Å². The number of nitrogens with one attached hydrogen (secondary N) is 1. The average Bonchev–Trinajstić information content (AvgIpc) is 2.95. The van der Waals surface area contributed by atoms with Gasteiger partial charge in [0, 0.05) is 18.7 Å². The van der Waals surface area contributed by atoms with Crippen LogP contribution in [0.5, 0.6) is 11.5 Å². The van der Waals surface area contributed by atoms with Crippen LogP contribution in [-0.2, 0) is 13.1 Å². The van der Waals surface area contributed by atoms with Gasteiger partial charge in [-0.1, -0.05) is 12.1 Å². The molecule has 1 aromatic carbocycles. The van der Waals surface area contributed by atoms with E-state index in [0.717, 1.165) is 5.69 Å². The normalized spacial score (nSPS) is 10.9. The summed E-state index contributed by atoms with van der Waals surface area (Å²) in [6.45, 7) is 0.0528. The van der Waals surface area contributed by atoms with Crippen molar-refractivity contribution in [3.05, 3.63) is 42.1 Å². The van der Waals surface area contributed by atoms with Gasteiger partial charge in [-0.3, -0.25) is 0 Å². The lowest BCUT2D eigenvalue weighted by Gasteiger charge is -2.15. The van der Waals surface area contributed by atoms with E-state index in [1.54, 1.807) is 25.1 Å². The third-order valence-corrected chi connectivity index (χ3v) is 2.67. The minimum Gasteiger partial charge on any atom is -0.490 e. The van der Waals surface area contributed by atoms with Crippen LogP contribution in [0.25, 0.3) is 0 Å². The molecule has 1 N–H and O–H groups in total. The Morgan fingerprint density at radius 1 is 1.33 bits per heavy atom. The molecule has 0 aliphatic rings. The van der Waals surface area contributed by atoms with Gasteiger partial charge in [0.25, 0.3) is 0 Å². The third-order valence-electron chi connectivity index (χ3n) is 2.67. The highest BCUT2D eigenvalue weighted by atomic mass is 19.3. The zero-order chi connectivity index (χ0) is 15.1. The molecule has 0 unspecified atom stereocenters. The maximum Gasteiger partial charge on any atom is 0.387 e. The number of aromatic nitrogens is 1. The standard InChI is InChI=1S/C14H16F2N2O3/c1-2-20-12-5-3-4-10(13(12)21-14(15)16)6-17-7-11-8-19-9-18-11/h3-5,8-9,14,17H,2,6-7H2,1H3. The molecule has 0 saturated heterocycles. The topological polar surface area (TPSA) is 56.5 Å². The average molecular weight is 298 g/mol. The molecule has 1 aromatic heterocycles. The number of ether oxygens (including phenoxy) is 2.